The topological polar surface area (TPSA) is 87.3 Å². The molecule has 0 saturated carbocycles. The molecule has 0 saturated heterocycles. The summed E-state index contributed by atoms with van der Waals surface area (Å²) in [5.74, 6) is 5.08. The van der Waals surface area contributed by atoms with Gasteiger partial charge in [0, 0.05) is 30.8 Å². The number of nitrogens with one attached hydrogen (secondary N) is 3. The molecule has 0 aliphatic carbocycles. The van der Waals surface area contributed by atoms with Crippen LogP contribution in [0.25, 0.3) is 0 Å². The summed E-state index contributed by atoms with van der Waals surface area (Å²) in [6.45, 7) is 1.57. The molecule has 0 aliphatic heterocycles. The van der Waals surface area contributed by atoms with Gasteiger partial charge >= 0.3 is 0 Å². The maximum atomic E-state index is 12.1. The first-order valence-electron chi connectivity index (χ1n) is 7.97. The van der Waals surface area contributed by atoms with E-state index in [2.05, 4.69) is 27.8 Å². The fourth-order valence-corrected chi connectivity index (χ4v) is 2.20. The van der Waals surface area contributed by atoms with Crippen molar-refractivity contribution in [3.63, 3.8) is 0 Å². The zero-order valence-corrected chi connectivity index (χ0v) is 14.6. The van der Waals surface area contributed by atoms with Crippen LogP contribution in [0.15, 0.2) is 48.5 Å². The van der Waals surface area contributed by atoms with Gasteiger partial charge in [0.1, 0.15) is 0 Å². The van der Waals surface area contributed by atoms with Gasteiger partial charge in [0.25, 0.3) is 11.8 Å². The minimum atomic E-state index is -0.270. The Bertz CT molecular complexity index is 877. The van der Waals surface area contributed by atoms with Crippen LogP contribution in [0.2, 0.25) is 0 Å². The van der Waals surface area contributed by atoms with Crippen molar-refractivity contribution in [3.05, 3.63) is 65.2 Å². The molecule has 3 N–H and O–H groups in total. The zero-order valence-electron chi connectivity index (χ0n) is 14.6. The zero-order chi connectivity index (χ0) is 18.9. The minimum Gasteiger partial charge on any atom is -0.355 e. The van der Waals surface area contributed by atoms with E-state index in [1.807, 2.05) is 0 Å². The van der Waals surface area contributed by atoms with Crippen LogP contribution in [0.3, 0.4) is 0 Å². The SMILES string of the molecule is CNC(=O)c1ccccc1C#CCNC(=O)c1ccc(NC(C)=O)cc1. The molecule has 0 radical (unpaired) electrons. The number of carbonyl (C=O) groups is 3. The Morgan fingerprint density at radius 1 is 0.962 bits per heavy atom. The summed E-state index contributed by atoms with van der Waals surface area (Å²) in [5.41, 5.74) is 2.18. The van der Waals surface area contributed by atoms with Crippen molar-refractivity contribution in [2.24, 2.45) is 0 Å². The van der Waals surface area contributed by atoms with Crippen LogP contribution in [0.4, 0.5) is 5.69 Å². The monoisotopic (exact) mass is 349 g/mol. The summed E-state index contributed by atoms with van der Waals surface area (Å²) >= 11 is 0. The van der Waals surface area contributed by atoms with Crippen molar-refractivity contribution in [3.8, 4) is 11.8 Å². The molecule has 26 heavy (non-hydrogen) atoms. The Morgan fingerprint density at radius 3 is 2.31 bits per heavy atom. The maximum absolute atomic E-state index is 12.1. The molecular formula is C20H19N3O3. The van der Waals surface area contributed by atoms with Crippen molar-refractivity contribution in [2.45, 2.75) is 6.92 Å². The third-order valence-corrected chi connectivity index (χ3v) is 3.43. The fourth-order valence-electron chi connectivity index (χ4n) is 2.20. The van der Waals surface area contributed by atoms with Gasteiger partial charge in [-0.3, -0.25) is 14.4 Å². The van der Waals surface area contributed by atoms with Gasteiger partial charge in [0.15, 0.2) is 0 Å². The van der Waals surface area contributed by atoms with Crippen molar-refractivity contribution >= 4 is 23.4 Å². The first-order chi connectivity index (χ1) is 12.5. The second-order valence-electron chi connectivity index (χ2n) is 5.37. The lowest BCUT2D eigenvalue weighted by Crippen LogP contribution is -2.23. The summed E-state index contributed by atoms with van der Waals surface area (Å²) in [6, 6.07) is 13.6. The molecule has 3 amide bonds. The Morgan fingerprint density at radius 2 is 1.65 bits per heavy atom. The molecule has 0 bridgehead atoms. The highest BCUT2D eigenvalue weighted by atomic mass is 16.2. The van der Waals surface area contributed by atoms with E-state index in [1.54, 1.807) is 55.6 Å². The molecule has 6 nitrogen and oxygen atoms in total. The number of anilines is 1. The summed E-state index contributed by atoms with van der Waals surface area (Å²) in [5, 5.41) is 7.89. The molecule has 132 valence electrons. The molecule has 0 heterocycles. The van der Waals surface area contributed by atoms with Crippen LogP contribution >= 0.6 is 0 Å². The van der Waals surface area contributed by atoms with Gasteiger partial charge in [-0.2, -0.15) is 0 Å². The Balaban J connectivity index is 1.96. The van der Waals surface area contributed by atoms with E-state index in [0.29, 0.717) is 22.4 Å². The molecule has 0 unspecified atom stereocenters. The summed E-state index contributed by atoms with van der Waals surface area (Å²) in [7, 11) is 1.56. The quantitative estimate of drug-likeness (QED) is 0.736. The van der Waals surface area contributed by atoms with Gasteiger partial charge in [-0.15, -0.1) is 0 Å². The van der Waals surface area contributed by atoms with Crippen LogP contribution < -0.4 is 16.0 Å². The highest BCUT2D eigenvalue weighted by Gasteiger charge is 2.07. The van der Waals surface area contributed by atoms with Gasteiger partial charge in [0.2, 0.25) is 5.91 Å². The lowest BCUT2D eigenvalue weighted by Gasteiger charge is -2.04. The molecule has 2 aromatic carbocycles. The van der Waals surface area contributed by atoms with Crippen LogP contribution in [-0.2, 0) is 4.79 Å². The lowest BCUT2D eigenvalue weighted by atomic mass is 10.1. The van der Waals surface area contributed by atoms with Crippen LogP contribution in [0, 0.1) is 11.8 Å². The standard InChI is InChI=1S/C20H19N3O3/c1-14(24)23-17-11-9-16(10-12-17)19(25)22-13-5-7-15-6-3-4-8-18(15)20(26)21-2/h3-4,6,8-12H,13H2,1-2H3,(H,21,26)(H,22,25)(H,23,24). The highest BCUT2D eigenvalue weighted by molar-refractivity contribution is 5.97. The van der Waals surface area contributed by atoms with E-state index >= 15 is 0 Å². The van der Waals surface area contributed by atoms with Crippen LogP contribution in [0.1, 0.15) is 33.2 Å². The smallest absolute Gasteiger partial charge is 0.252 e. The van der Waals surface area contributed by atoms with E-state index < -0.39 is 0 Å². The number of amides is 3. The molecule has 2 rings (SSSR count). The predicted octanol–water partition coefficient (Wildman–Crippen LogP) is 1.79. The summed E-state index contributed by atoms with van der Waals surface area (Å²) < 4.78 is 0. The third-order valence-electron chi connectivity index (χ3n) is 3.43. The second-order valence-corrected chi connectivity index (χ2v) is 5.37. The second kappa shape index (κ2) is 9.04. The highest BCUT2D eigenvalue weighted by Crippen LogP contribution is 2.09. The molecule has 0 aromatic heterocycles. The molecule has 0 fully saturated rings. The van der Waals surface area contributed by atoms with E-state index in [1.165, 1.54) is 6.92 Å². The van der Waals surface area contributed by atoms with Gasteiger partial charge in [0.05, 0.1) is 12.1 Å². The van der Waals surface area contributed by atoms with Crippen LogP contribution in [-0.4, -0.2) is 31.3 Å². The van der Waals surface area contributed by atoms with Crippen molar-refractivity contribution < 1.29 is 14.4 Å². The van der Waals surface area contributed by atoms with E-state index in [4.69, 9.17) is 0 Å². The van der Waals surface area contributed by atoms with Crippen molar-refractivity contribution in [1.29, 1.82) is 0 Å². The number of hydrogen-bond donors (Lipinski definition) is 3. The Kier molecular flexibility index (Phi) is 6.52. The third kappa shape index (κ3) is 5.21. The fraction of sp³-hybridized carbons (Fsp3) is 0.150. The van der Waals surface area contributed by atoms with Crippen molar-refractivity contribution in [2.75, 3.05) is 18.9 Å². The van der Waals surface area contributed by atoms with Gasteiger partial charge < -0.3 is 16.0 Å². The molecule has 6 heteroatoms. The van der Waals surface area contributed by atoms with Crippen LogP contribution in [0.5, 0.6) is 0 Å². The van der Waals surface area contributed by atoms with Crippen molar-refractivity contribution in [1.82, 2.24) is 10.6 Å². The first-order valence-corrected chi connectivity index (χ1v) is 7.97. The molecule has 0 atom stereocenters. The average Bonchev–Trinajstić information content (AvgIpc) is 2.65. The minimum absolute atomic E-state index is 0.147. The number of benzene rings is 2. The Hall–Kier alpha value is -3.59. The van der Waals surface area contributed by atoms with E-state index in [0.717, 1.165) is 0 Å². The molecule has 0 spiro atoms. The normalized spacial score (nSPS) is 9.46. The van der Waals surface area contributed by atoms with E-state index in [9.17, 15) is 14.4 Å². The van der Waals surface area contributed by atoms with E-state index in [-0.39, 0.29) is 24.3 Å². The first kappa shape index (κ1) is 18.7. The van der Waals surface area contributed by atoms with Gasteiger partial charge in [-0.05, 0) is 36.4 Å². The summed E-state index contributed by atoms with van der Waals surface area (Å²) in [6.07, 6.45) is 0. The number of carbonyl (C=O) groups excluding carboxylic acids is 3. The largest absolute Gasteiger partial charge is 0.355 e. The summed E-state index contributed by atoms with van der Waals surface area (Å²) in [4.78, 5) is 34.8. The molecule has 2 aromatic rings. The predicted molar refractivity (Wildman–Crippen MR) is 99.8 cm³/mol. The van der Waals surface area contributed by atoms with Gasteiger partial charge in [-0.25, -0.2) is 0 Å². The number of hydrogen-bond acceptors (Lipinski definition) is 3. The van der Waals surface area contributed by atoms with Gasteiger partial charge in [-0.1, -0.05) is 24.0 Å². The molecular weight excluding hydrogens is 330 g/mol. The average molecular weight is 349 g/mol. The maximum Gasteiger partial charge on any atom is 0.252 e. The lowest BCUT2D eigenvalue weighted by molar-refractivity contribution is -0.114. The Labute approximate surface area is 152 Å². The number of rotatable bonds is 4. The molecule has 0 aliphatic rings.